The van der Waals surface area contributed by atoms with Crippen LogP contribution in [0, 0.1) is 5.92 Å². The average Bonchev–Trinajstić information content (AvgIpc) is 3.02. The number of guanidine groups is 1. The van der Waals surface area contributed by atoms with E-state index in [1.54, 1.807) is 0 Å². The van der Waals surface area contributed by atoms with E-state index in [4.69, 9.17) is 4.99 Å². The monoisotopic (exact) mass is 363 g/mol. The first-order valence-electron chi connectivity index (χ1n) is 9.36. The number of rotatable bonds is 6. The number of nitrogens with one attached hydrogen (secondary N) is 1. The fourth-order valence-corrected chi connectivity index (χ4v) is 3.98. The van der Waals surface area contributed by atoms with Crippen LogP contribution in [0.3, 0.4) is 0 Å². The van der Waals surface area contributed by atoms with Gasteiger partial charge >= 0.3 is 0 Å². The molecule has 1 aromatic carbocycles. The lowest BCUT2D eigenvalue weighted by Gasteiger charge is -2.22. The van der Waals surface area contributed by atoms with Crippen molar-refractivity contribution in [1.29, 1.82) is 0 Å². The number of hydrogen-bond acceptors (Lipinski definition) is 2. The second-order valence-corrected chi connectivity index (χ2v) is 10.0. The first-order chi connectivity index (χ1) is 11.9. The van der Waals surface area contributed by atoms with Crippen LogP contribution in [0.2, 0.25) is 0 Å². The maximum absolute atomic E-state index is 12.2. The van der Waals surface area contributed by atoms with Crippen LogP contribution in [-0.4, -0.2) is 51.7 Å². The molecule has 140 valence electrons. The molecule has 1 aliphatic heterocycles. The Kier molecular flexibility index (Phi) is 7.48. The van der Waals surface area contributed by atoms with Gasteiger partial charge in [-0.1, -0.05) is 30.3 Å². The molecule has 5 heteroatoms. The predicted octanol–water partition coefficient (Wildman–Crippen LogP) is 3.06. The van der Waals surface area contributed by atoms with Gasteiger partial charge in [-0.05, 0) is 52.0 Å². The largest absolute Gasteiger partial charge is 0.357 e. The number of likely N-dealkylation sites (tertiary alicyclic amines) is 1. The number of aliphatic imine (C=N–C) groups is 1. The van der Waals surface area contributed by atoms with Gasteiger partial charge in [-0.15, -0.1) is 0 Å². The second-order valence-electron chi connectivity index (χ2n) is 7.69. The SMILES string of the molecule is CCNC(=NCCS(=O)C(C)(C)C)N1CCC(Cc2ccccc2)C1. The van der Waals surface area contributed by atoms with Crippen LogP contribution >= 0.6 is 0 Å². The summed E-state index contributed by atoms with van der Waals surface area (Å²) in [5.74, 6) is 2.28. The minimum absolute atomic E-state index is 0.164. The highest BCUT2D eigenvalue weighted by molar-refractivity contribution is 7.86. The summed E-state index contributed by atoms with van der Waals surface area (Å²) in [4.78, 5) is 7.09. The third-order valence-corrected chi connectivity index (χ3v) is 6.43. The number of benzene rings is 1. The molecule has 0 radical (unpaired) electrons. The fourth-order valence-electron chi connectivity index (χ4n) is 3.11. The molecule has 0 spiro atoms. The average molecular weight is 364 g/mol. The summed E-state index contributed by atoms with van der Waals surface area (Å²) >= 11 is 0. The summed E-state index contributed by atoms with van der Waals surface area (Å²) in [5.41, 5.74) is 1.41. The molecule has 4 nitrogen and oxygen atoms in total. The van der Waals surface area contributed by atoms with Gasteiger partial charge < -0.3 is 10.2 Å². The summed E-state index contributed by atoms with van der Waals surface area (Å²) in [5, 5.41) is 3.40. The van der Waals surface area contributed by atoms with Gasteiger partial charge in [0, 0.05) is 40.9 Å². The standard InChI is InChI=1S/C20H33N3OS/c1-5-21-19(22-12-14-25(24)20(2,3)4)23-13-11-18(16-23)15-17-9-7-6-8-10-17/h6-10,18H,5,11-16H2,1-4H3,(H,21,22). The van der Waals surface area contributed by atoms with E-state index in [2.05, 4.69) is 47.5 Å². The predicted molar refractivity (Wildman–Crippen MR) is 109 cm³/mol. The van der Waals surface area contributed by atoms with E-state index in [-0.39, 0.29) is 4.75 Å². The summed E-state index contributed by atoms with van der Waals surface area (Å²) < 4.78 is 12.0. The Morgan fingerprint density at radius 2 is 2.04 bits per heavy atom. The van der Waals surface area contributed by atoms with E-state index in [1.807, 2.05) is 20.8 Å². The molecule has 0 saturated carbocycles. The summed E-state index contributed by atoms with van der Waals surface area (Å²) in [7, 11) is -0.846. The van der Waals surface area contributed by atoms with E-state index in [1.165, 1.54) is 12.0 Å². The maximum Gasteiger partial charge on any atom is 0.193 e. The molecule has 2 atom stereocenters. The molecule has 1 aliphatic rings. The Morgan fingerprint density at radius 1 is 1.32 bits per heavy atom. The Morgan fingerprint density at radius 3 is 2.68 bits per heavy atom. The molecule has 25 heavy (non-hydrogen) atoms. The topological polar surface area (TPSA) is 44.7 Å². The van der Waals surface area contributed by atoms with Gasteiger partial charge in [-0.25, -0.2) is 0 Å². The van der Waals surface area contributed by atoms with Crippen molar-refractivity contribution in [2.24, 2.45) is 10.9 Å². The Bertz CT molecular complexity index is 580. The molecular formula is C20H33N3OS. The molecule has 1 saturated heterocycles. The smallest absolute Gasteiger partial charge is 0.193 e. The molecule has 0 bridgehead atoms. The van der Waals surface area contributed by atoms with E-state index in [0.29, 0.717) is 18.2 Å². The first kappa shape index (κ1) is 20.0. The molecule has 0 amide bonds. The van der Waals surface area contributed by atoms with Crippen molar-refractivity contribution < 1.29 is 4.21 Å². The molecule has 1 N–H and O–H groups in total. The van der Waals surface area contributed by atoms with Crippen LogP contribution in [0.5, 0.6) is 0 Å². The van der Waals surface area contributed by atoms with Crippen molar-refractivity contribution >= 4 is 16.8 Å². The highest BCUT2D eigenvalue weighted by Gasteiger charge is 2.25. The Labute approximate surface area is 155 Å². The summed E-state index contributed by atoms with van der Waals surface area (Å²) in [6, 6.07) is 10.7. The zero-order valence-corrected chi connectivity index (χ0v) is 16.9. The summed E-state index contributed by atoms with van der Waals surface area (Å²) in [6.45, 7) is 11.7. The van der Waals surface area contributed by atoms with Crippen LogP contribution in [0.1, 0.15) is 39.7 Å². The lowest BCUT2D eigenvalue weighted by atomic mass is 9.99. The van der Waals surface area contributed by atoms with Crippen molar-refractivity contribution in [2.75, 3.05) is 31.9 Å². The minimum Gasteiger partial charge on any atom is -0.357 e. The highest BCUT2D eigenvalue weighted by atomic mass is 32.2. The molecule has 1 fully saturated rings. The lowest BCUT2D eigenvalue weighted by Crippen LogP contribution is -2.40. The van der Waals surface area contributed by atoms with Gasteiger partial charge in [0.25, 0.3) is 0 Å². The highest BCUT2D eigenvalue weighted by Crippen LogP contribution is 2.21. The number of nitrogens with zero attached hydrogens (tertiary/aromatic N) is 2. The van der Waals surface area contributed by atoms with E-state index >= 15 is 0 Å². The van der Waals surface area contributed by atoms with Crippen LogP contribution in [0.25, 0.3) is 0 Å². The van der Waals surface area contributed by atoms with Gasteiger partial charge in [0.2, 0.25) is 0 Å². The molecule has 1 heterocycles. The normalized spacial score (nSPS) is 19.9. The zero-order valence-electron chi connectivity index (χ0n) is 16.1. The van der Waals surface area contributed by atoms with E-state index < -0.39 is 10.8 Å². The summed E-state index contributed by atoms with van der Waals surface area (Å²) in [6.07, 6.45) is 2.33. The van der Waals surface area contributed by atoms with Crippen LogP contribution in [-0.2, 0) is 17.2 Å². The first-order valence-corrected chi connectivity index (χ1v) is 10.7. The van der Waals surface area contributed by atoms with Crippen molar-refractivity contribution in [3.05, 3.63) is 35.9 Å². The van der Waals surface area contributed by atoms with Gasteiger partial charge in [0.15, 0.2) is 5.96 Å². The van der Waals surface area contributed by atoms with E-state index in [0.717, 1.165) is 32.0 Å². The van der Waals surface area contributed by atoms with Gasteiger partial charge in [0.05, 0.1) is 6.54 Å². The molecule has 0 aromatic heterocycles. The molecule has 2 unspecified atom stereocenters. The van der Waals surface area contributed by atoms with Crippen LogP contribution in [0.4, 0.5) is 0 Å². The van der Waals surface area contributed by atoms with Crippen molar-refractivity contribution in [3.63, 3.8) is 0 Å². The molecule has 2 rings (SSSR count). The quantitative estimate of drug-likeness (QED) is 0.624. The third kappa shape index (κ3) is 6.46. The van der Waals surface area contributed by atoms with Crippen molar-refractivity contribution in [1.82, 2.24) is 10.2 Å². The molecule has 0 aliphatic carbocycles. The fraction of sp³-hybridized carbons (Fsp3) is 0.650. The van der Waals surface area contributed by atoms with Crippen molar-refractivity contribution in [3.8, 4) is 0 Å². The minimum atomic E-state index is -0.846. The maximum atomic E-state index is 12.2. The lowest BCUT2D eigenvalue weighted by molar-refractivity contribution is 0.460. The number of hydrogen-bond donors (Lipinski definition) is 1. The zero-order chi connectivity index (χ0) is 18.3. The Balaban J connectivity index is 1.89. The second kappa shape index (κ2) is 9.37. The van der Waals surface area contributed by atoms with Gasteiger partial charge in [0.1, 0.15) is 0 Å². The molecule has 1 aromatic rings. The van der Waals surface area contributed by atoms with Crippen LogP contribution in [0.15, 0.2) is 35.3 Å². The Hall–Kier alpha value is -1.36. The molecular weight excluding hydrogens is 330 g/mol. The van der Waals surface area contributed by atoms with Crippen LogP contribution < -0.4 is 5.32 Å². The van der Waals surface area contributed by atoms with Crippen molar-refractivity contribution in [2.45, 2.75) is 45.3 Å². The van der Waals surface area contributed by atoms with Gasteiger partial charge in [-0.3, -0.25) is 9.20 Å². The van der Waals surface area contributed by atoms with E-state index in [9.17, 15) is 4.21 Å². The third-order valence-electron chi connectivity index (χ3n) is 4.51. The van der Waals surface area contributed by atoms with Gasteiger partial charge in [-0.2, -0.15) is 0 Å².